The molecule has 0 aliphatic carbocycles. The summed E-state index contributed by atoms with van der Waals surface area (Å²) in [6.45, 7) is 6.63. The second-order valence-electron chi connectivity index (χ2n) is 6.37. The Morgan fingerprint density at radius 1 is 1.29 bits per heavy atom. The van der Waals surface area contributed by atoms with Gasteiger partial charge in [0, 0.05) is 38.6 Å². The molecule has 1 aromatic carbocycles. The normalized spacial score (nSPS) is 22.0. The van der Waals surface area contributed by atoms with Gasteiger partial charge in [0.1, 0.15) is 0 Å². The molecule has 2 N–H and O–H groups in total. The fraction of sp³-hybridized carbons (Fsp3) is 0.588. The number of aliphatic imine (C=N–C) groups is 1. The number of likely N-dealkylation sites (tertiary alicyclic amines) is 1. The van der Waals surface area contributed by atoms with Gasteiger partial charge in [-0.3, -0.25) is 4.99 Å². The second-order valence-corrected chi connectivity index (χ2v) is 8.47. The number of nitrogens with one attached hydrogen (secondary N) is 2. The zero-order valence-electron chi connectivity index (χ0n) is 14.7. The molecule has 0 amide bonds. The van der Waals surface area contributed by atoms with Crippen LogP contribution in [0.15, 0.2) is 35.3 Å². The molecule has 0 radical (unpaired) electrons. The third kappa shape index (κ3) is 4.70. The van der Waals surface area contributed by atoms with Crippen molar-refractivity contribution in [3.63, 3.8) is 0 Å². The summed E-state index contributed by atoms with van der Waals surface area (Å²) in [5, 5.41) is 3.25. The van der Waals surface area contributed by atoms with Gasteiger partial charge in [-0.1, -0.05) is 37.3 Å². The van der Waals surface area contributed by atoms with Crippen LogP contribution in [0.5, 0.6) is 0 Å². The van der Waals surface area contributed by atoms with Crippen LogP contribution >= 0.6 is 0 Å². The lowest BCUT2D eigenvalue weighted by molar-refractivity contribution is 0.439. The maximum absolute atomic E-state index is 11.4. The van der Waals surface area contributed by atoms with Gasteiger partial charge in [-0.2, -0.15) is 0 Å². The molecular formula is C17H28N4O2S. The first-order chi connectivity index (χ1) is 11.4. The quantitative estimate of drug-likeness (QED) is 0.458. The van der Waals surface area contributed by atoms with Gasteiger partial charge >= 0.3 is 0 Å². The third-order valence-electron chi connectivity index (χ3n) is 4.57. The van der Waals surface area contributed by atoms with E-state index >= 15 is 0 Å². The van der Waals surface area contributed by atoms with Crippen molar-refractivity contribution in [1.82, 2.24) is 14.9 Å². The van der Waals surface area contributed by atoms with Crippen molar-refractivity contribution in [2.75, 3.05) is 39.0 Å². The Morgan fingerprint density at radius 2 is 2.00 bits per heavy atom. The van der Waals surface area contributed by atoms with E-state index in [2.05, 4.69) is 51.1 Å². The average Bonchev–Trinajstić information content (AvgIpc) is 2.99. The fourth-order valence-corrected chi connectivity index (χ4v) is 3.65. The van der Waals surface area contributed by atoms with Crippen molar-refractivity contribution in [2.24, 2.45) is 4.99 Å². The number of nitrogens with zero attached hydrogens (tertiary/aromatic N) is 2. The average molecular weight is 353 g/mol. The minimum atomic E-state index is -3.14. The van der Waals surface area contributed by atoms with Crippen molar-refractivity contribution < 1.29 is 8.42 Å². The molecule has 2 rings (SSSR count). The van der Waals surface area contributed by atoms with E-state index < -0.39 is 10.0 Å². The summed E-state index contributed by atoms with van der Waals surface area (Å²) in [4.78, 5) is 6.58. The Morgan fingerprint density at radius 3 is 2.62 bits per heavy atom. The highest BCUT2D eigenvalue weighted by atomic mass is 32.2. The summed E-state index contributed by atoms with van der Waals surface area (Å²) in [7, 11) is -1.38. The zero-order chi connectivity index (χ0) is 17.6. The van der Waals surface area contributed by atoms with Crippen molar-refractivity contribution in [3.8, 4) is 0 Å². The molecule has 134 valence electrons. The van der Waals surface area contributed by atoms with Gasteiger partial charge in [0.2, 0.25) is 10.0 Å². The zero-order valence-corrected chi connectivity index (χ0v) is 15.6. The van der Waals surface area contributed by atoms with Gasteiger partial charge in [-0.25, -0.2) is 13.1 Å². The molecule has 0 spiro atoms. The Bertz CT molecular complexity index is 660. The number of sulfonamides is 1. The lowest BCUT2D eigenvalue weighted by Crippen LogP contribution is -2.44. The molecule has 6 nitrogen and oxygen atoms in total. The van der Waals surface area contributed by atoms with Gasteiger partial charge < -0.3 is 10.2 Å². The first kappa shape index (κ1) is 18.7. The van der Waals surface area contributed by atoms with E-state index in [0.717, 1.165) is 25.5 Å². The summed E-state index contributed by atoms with van der Waals surface area (Å²) in [6, 6.07) is 10.6. The maximum Gasteiger partial charge on any atom is 0.211 e. The summed E-state index contributed by atoms with van der Waals surface area (Å²) < 4.78 is 25.4. The Labute approximate surface area is 145 Å². The molecule has 1 aromatic rings. The molecule has 1 fully saturated rings. The highest BCUT2D eigenvalue weighted by molar-refractivity contribution is 7.89. The smallest absolute Gasteiger partial charge is 0.211 e. The monoisotopic (exact) mass is 352 g/mol. The molecule has 0 saturated carbocycles. The van der Waals surface area contributed by atoms with Crippen LogP contribution in [0.4, 0.5) is 0 Å². The van der Waals surface area contributed by atoms with Gasteiger partial charge in [0.25, 0.3) is 0 Å². The third-order valence-corrected chi connectivity index (χ3v) is 5.97. The van der Waals surface area contributed by atoms with E-state index in [1.165, 1.54) is 5.56 Å². The lowest BCUT2D eigenvalue weighted by Gasteiger charge is -2.27. The SMILES string of the molecule is CCS(=O)(=O)NCCNC(=NC)N1CCC(C)(c2ccccc2)C1. The summed E-state index contributed by atoms with van der Waals surface area (Å²) in [5.74, 6) is 0.925. The minimum absolute atomic E-state index is 0.100. The molecular weight excluding hydrogens is 324 g/mol. The number of benzene rings is 1. The van der Waals surface area contributed by atoms with Crippen LogP contribution in [0.25, 0.3) is 0 Å². The molecule has 1 saturated heterocycles. The number of hydrogen-bond acceptors (Lipinski definition) is 3. The van der Waals surface area contributed by atoms with Crippen molar-refractivity contribution in [2.45, 2.75) is 25.7 Å². The molecule has 1 aliphatic heterocycles. The summed E-state index contributed by atoms with van der Waals surface area (Å²) >= 11 is 0. The number of hydrogen-bond donors (Lipinski definition) is 2. The van der Waals surface area contributed by atoms with Crippen LogP contribution < -0.4 is 10.0 Å². The van der Waals surface area contributed by atoms with Crippen molar-refractivity contribution in [1.29, 1.82) is 0 Å². The minimum Gasteiger partial charge on any atom is -0.355 e. The Balaban J connectivity index is 1.89. The van der Waals surface area contributed by atoms with E-state index in [1.54, 1.807) is 14.0 Å². The Kier molecular flexibility index (Phi) is 6.23. The van der Waals surface area contributed by atoms with Gasteiger partial charge in [-0.05, 0) is 18.9 Å². The predicted molar refractivity (Wildman–Crippen MR) is 98.8 cm³/mol. The van der Waals surface area contributed by atoms with Crippen LogP contribution in [0, 0.1) is 0 Å². The van der Waals surface area contributed by atoms with Crippen LogP contribution in [0.2, 0.25) is 0 Å². The number of guanidine groups is 1. The molecule has 1 atom stereocenters. The number of rotatable bonds is 6. The van der Waals surface area contributed by atoms with E-state index in [9.17, 15) is 8.42 Å². The molecule has 7 heteroatoms. The highest BCUT2D eigenvalue weighted by Gasteiger charge is 2.36. The van der Waals surface area contributed by atoms with Crippen LogP contribution in [0.1, 0.15) is 25.8 Å². The summed E-state index contributed by atoms with van der Waals surface area (Å²) in [5.41, 5.74) is 1.46. The lowest BCUT2D eigenvalue weighted by atomic mass is 9.82. The molecule has 1 unspecified atom stereocenters. The van der Waals surface area contributed by atoms with Crippen molar-refractivity contribution >= 4 is 16.0 Å². The van der Waals surface area contributed by atoms with Gasteiger partial charge in [-0.15, -0.1) is 0 Å². The van der Waals surface area contributed by atoms with E-state index in [-0.39, 0.29) is 11.2 Å². The largest absolute Gasteiger partial charge is 0.355 e. The second kappa shape index (κ2) is 7.98. The molecule has 0 aromatic heterocycles. The fourth-order valence-electron chi connectivity index (χ4n) is 3.03. The van der Waals surface area contributed by atoms with Gasteiger partial charge in [0.05, 0.1) is 5.75 Å². The summed E-state index contributed by atoms with van der Waals surface area (Å²) in [6.07, 6.45) is 1.07. The van der Waals surface area contributed by atoms with Crippen LogP contribution in [-0.2, 0) is 15.4 Å². The molecule has 0 bridgehead atoms. The van der Waals surface area contributed by atoms with E-state index in [0.29, 0.717) is 13.1 Å². The molecule has 1 heterocycles. The van der Waals surface area contributed by atoms with Crippen LogP contribution in [0.3, 0.4) is 0 Å². The molecule has 24 heavy (non-hydrogen) atoms. The first-order valence-electron chi connectivity index (χ1n) is 8.39. The van der Waals surface area contributed by atoms with Crippen molar-refractivity contribution in [3.05, 3.63) is 35.9 Å². The Hall–Kier alpha value is -1.60. The topological polar surface area (TPSA) is 73.8 Å². The van der Waals surface area contributed by atoms with Crippen LogP contribution in [-0.4, -0.2) is 58.3 Å². The predicted octanol–water partition coefficient (Wildman–Crippen LogP) is 1.16. The first-order valence-corrected chi connectivity index (χ1v) is 10.0. The maximum atomic E-state index is 11.4. The van der Waals surface area contributed by atoms with E-state index in [1.807, 2.05) is 6.07 Å². The highest BCUT2D eigenvalue weighted by Crippen LogP contribution is 2.33. The van der Waals surface area contributed by atoms with E-state index in [4.69, 9.17) is 0 Å². The standard InChI is InChI=1S/C17H28N4O2S/c1-4-24(22,23)20-12-11-19-16(18-3)21-13-10-17(2,14-21)15-8-6-5-7-9-15/h5-9,20H,4,10-14H2,1-3H3,(H,18,19). The molecule has 1 aliphatic rings. The van der Waals surface area contributed by atoms with Gasteiger partial charge in [0.15, 0.2) is 5.96 Å².